The molecule has 0 bridgehead atoms. The average molecular weight is 263 g/mol. The first-order valence-corrected chi connectivity index (χ1v) is 5.88. The van der Waals surface area contributed by atoms with Crippen LogP contribution in [0.4, 0.5) is 0 Å². The predicted octanol–water partition coefficient (Wildman–Crippen LogP) is 2.44. The molecule has 3 nitrogen and oxygen atoms in total. The number of ether oxygens (including phenoxy) is 1. The Morgan fingerprint density at radius 1 is 1.31 bits per heavy atom. The van der Waals surface area contributed by atoms with Gasteiger partial charge in [0.25, 0.3) is 0 Å². The molecule has 1 rings (SSSR count). The molecule has 5 heteroatoms. The minimum atomic E-state index is 0.460. The van der Waals surface area contributed by atoms with Gasteiger partial charge in [0.1, 0.15) is 10.8 Å². The van der Waals surface area contributed by atoms with E-state index in [0.717, 1.165) is 18.5 Å². The van der Waals surface area contributed by atoms with E-state index in [2.05, 4.69) is 5.32 Å². The summed E-state index contributed by atoms with van der Waals surface area (Å²) in [4.78, 5) is 0. The Morgan fingerprint density at radius 3 is 2.69 bits per heavy atom. The van der Waals surface area contributed by atoms with E-state index >= 15 is 0 Å². The summed E-state index contributed by atoms with van der Waals surface area (Å²) in [5, 5.41) is 4.25. The maximum atomic E-state index is 6.11. The monoisotopic (exact) mass is 262 g/mol. The lowest BCUT2D eigenvalue weighted by atomic mass is 10.2. The van der Waals surface area contributed by atoms with Crippen LogP contribution in [0.15, 0.2) is 12.1 Å². The van der Waals surface area contributed by atoms with Gasteiger partial charge in [-0.05, 0) is 31.1 Å². The van der Waals surface area contributed by atoms with Gasteiger partial charge < -0.3 is 15.8 Å². The number of rotatable bonds is 6. The summed E-state index contributed by atoms with van der Waals surface area (Å²) in [5.74, 6) is 0.595. The van der Waals surface area contributed by atoms with Gasteiger partial charge in [-0.2, -0.15) is 0 Å². The van der Waals surface area contributed by atoms with Crippen molar-refractivity contribution >= 4 is 23.2 Å². The van der Waals surface area contributed by atoms with Crippen LogP contribution in [0.25, 0.3) is 0 Å². The molecule has 0 heterocycles. The van der Waals surface area contributed by atoms with Crippen LogP contribution in [-0.4, -0.2) is 20.2 Å². The fraction of sp³-hybridized carbons (Fsp3) is 0.455. The predicted molar refractivity (Wildman–Crippen MR) is 68.4 cm³/mol. The Labute approximate surface area is 106 Å². The van der Waals surface area contributed by atoms with E-state index < -0.39 is 0 Å². The maximum Gasteiger partial charge on any atom is 0.138 e. The number of hydrogen-bond acceptors (Lipinski definition) is 3. The highest BCUT2D eigenvalue weighted by Crippen LogP contribution is 2.34. The lowest BCUT2D eigenvalue weighted by Gasteiger charge is -2.10. The smallest absolute Gasteiger partial charge is 0.138 e. The Morgan fingerprint density at radius 2 is 2.06 bits per heavy atom. The van der Waals surface area contributed by atoms with Crippen LogP contribution in [0.2, 0.25) is 10.0 Å². The second-order valence-corrected chi connectivity index (χ2v) is 4.13. The number of methoxy groups -OCH3 is 1. The van der Waals surface area contributed by atoms with Gasteiger partial charge in [-0.1, -0.05) is 29.3 Å². The van der Waals surface area contributed by atoms with E-state index in [1.54, 1.807) is 7.11 Å². The van der Waals surface area contributed by atoms with E-state index in [4.69, 9.17) is 33.7 Å². The van der Waals surface area contributed by atoms with Gasteiger partial charge in [-0.15, -0.1) is 0 Å². The molecule has 0 radical (unpaired) electrons. The zero-order valence-corrected chi connectivity index (χ0v) is 10.7. The van der Waals surface area contributed by atoms with Crippen LogP contribution in [0, 0.1) is 0 Å². The lowest BCUT2D eigenvalue weighted by molar-refractivity contribution is 0.415. The van der Waals surface area contributed by atoms with E-state index in [9.17, 15) is 0 Å². The summed E-state index contributed by atoms with van der Waals surface area (Å²) < 4.78 is 5.07. The highest BCUT2D eigenvalue weighted by atomic mass is 35.5. The van der Waals surface area contributed by atoms with Crippen molar-refractivity contribution in [1.29, 1.82) is 0 Å². The van der Waals surface area contributed by atoms with Gasteiger partial charge in [0.2, 0.25) is 0 Å². The topological polar surface area (TPSA) is 47.3 Å². The first-order valence-electron chi connectivity index (χ1n) is 5.12. The van der Waals surface area contributed by atoms with Gasteiger partial charge in [0, 0.05) is 6.54 Å². The number of benzene rings is 1. The summed E-state index contributed by atoms with van der Waals surface area (Å²) in [6.45, 7) is 2.24. The molecule has 0 atom stereocenters. The van der Waals surface area contributed by atoms with Crippen molar-refractivity contribution in [2.75, 3.05) is 20.2 Å². The summed E-state index contributed by atoms with van der Waals surface area (Å²) in [6, 6.07) is 3.72. The van der Waals surface area contributed by atoms with Crippen molar-refractivity contribution in [2.45, 2.75) is 13.0 Å². The molecule has 0 saturated heterocycles. The molecule has 0 aliphatic heterocycles. The van der Waals surface area contributed by atoms with E-state index in [1.807, 2.05) is 12.1 Å². The molecule has 0 amide bonds. The summed E-state index contributed by atoms with van der Waals surface area (Å²) in [6.07, 6.45) is 0.946. The molecule has 0 unspecified atom stereocenters. The second-order valence-electron chi connectivity index (χ2n) is 3.37. The molecule has 0 saturated carbocycles. The molecule has 1 aromatic carbocycles. The highest BCUT2D eigenvalue weighted by molar-refractivity contribution is 6.43. The van der Waals surface area contributed by atoms with Crippen molar-refractivity contribution in [3.05, 3.63) is 27.7 Å². The fourth-order valence-electron chi connectivity index (χ4n) is 1.32. The van der Waals surface area contributed by atoms with Crippen LogP contribution in [0.5, 0.6) is 5.75 Å². The number of halogens is 2. The Balaban J connectivity index is 2.64. The van der Waals surface area contributed by atoms with Gasteiger partial charge in [-0.3, -0.25) is 0 Å². The number of nitrogens with two attached hydrogens (primary N) is 1. The highest BCUT2D eigenvalue weighted by Gasteiger charge is 2.09. The normalized spacial score (nSPS) is 10.5. The Hall–Kier alpha value is -0.480. The van der Waals surface area contributed by atoms with E-state index in [1.165, 1.54) is 0 Å². The maximum absolute atomic E-state index is 6.11. The van der Waals surface area contributed by atoms with Crippen molar-refractivity contribution in [3.8, 4) is 5.75 Å². The second kappa shape index (κ2) is 6.97. The van der Waals surface area contributed by atoms with E-state index in [0.29, 0.717) is 28.9 Å². The minimum absolute atomic E-state index is 0.460. The molecular weight excluding hydrogens is 247 g/mol. The Kier molecular flexibility index (Phi) is 5.91. The lowest BCUT2D eigenvalue weighted by Crippen LogP contribution is -2.17. The number of nitrogens with one attached hydrogen (secondary N) is 1. The standard InChI is InChI=1S/C11H16Cl2N2O/c1-16-9-4-3-8(10(12)11(9)13)7-15-6-2-5-14/h3-4,15H,2,5-7,14H2,1H3. The summed E-state index contributed by atoms with van der Waals surface area (Å²) in [7, 11) is 1.57. The van der Waals surface area contributed by atoms with Gasteiger partial charge >= 0.3 is 0 Å². The summed E-state index contributed by atoms with van der Waals surface area (Å²) in [5.41, 5.74) is 6.36. The zero-order valence-electron chi connectivity index (χ0n) is 9.22. The van der Waals surface area contributed by atoms with Crippen LogP contribution >= 0.6 is 23.2 Å². The van der Waals surface area contributed by atoms with Gasteiger partial charge in [0.05, 0.1) is 12.1 Å². The zero-order chi connectivity index (χ0) is 12.0. The van der Waals surface area contributed by atoms with Crippen LogP contribution in [0.3, 0.4) is 0 Å². The Bertz CT molecular complexity index is 345. The third kappa shape index (κ3) is 3.52. The number of hydrogen-bond donors (Lipinski definition) is 2. The fourth-order valence-corrected chi connectivity index (χ4v) is 1.80. The van der Waals surface area contributed by atoms with E-state index in [-0.39, 0.29) is 0 Å². The molecule has 0 fully saturated rings. The molecule has 3 N–H and O–H groups in total. The van der Waals surface area contributed by atoms with Crippen molar-refractivity contribution < 1.29 is 4.74 Å². The van der Waals surface area contributed by atoms with Crippen LogP contribution in [0.1, 0.15) is 12.0 Å². The SMILES string of the molecule is COc1ccc(CNCCCN)c(Cl)c1Cl. The average Bonchev–Trinajstić information content (AvgIpc) is 2.30. The molecule has 16 heavy (non-hydrogen) atoms. The molecule has 0 aliphatic carbocycles. The van der Waals surface area contributed by atoms with Crippen LogP contribution in [-0.2, 0) is 6.54 Å². The van der Waals surface area contributed by atoms with Gasteiger partial charge in [-0.25, -0.2) is 0 Å². The molecule has 90 valence electrons. The molecule has 1 aromatic rings. The van der Waals surface area contributed by atoms with Crippen molar-refractivity contribution in [2.24, 2.45) is 5.73 Å². The first kappa shape index (κ1) is 13.6. The van der Waals surface area contributed by atoms with Gasteiger partial charge in [0.15, 0.2) is 0 Å². The quantitative estimate of drug-likeness (QED) is 0.775. The minimum Gasteiger partial charge on any atom is -0.495 e. The third-order valence-corrected chi connectivity index (χ3v) is 3.12. The van der Waals surface area contributed by atoms with Crippen molar-refractivity contribution in [3.63, 3.8) is 0 Å². The molecule has 0 aliphatic rings. The largest absolute Gasteiger partial charge is 0.495 e. The third-order valence-electron chi connectivity index (χ3n) is 2.22. The van der Waals surface area contributed by atoms with Crippen LogP contribution < -0.4 is 15.8 Å². The summed E-state index contributed by atoms with van der Waals surface area (Å²) >= 11 is 12.1. The molecular formula is C11H16Cl2N2O. The first-order chi connectivity index (χ1) is 7.70. The molecule has 0 aromatic heterocycles. The van der Waals surface area contributed by atoms with Crippen molar-refractivity contribution in [1.82, 2.24) is 5.32 Å². The molecule has 0 spiro atoms.